The molecule has 0 atom stereocenters. The summed E-state index contributed by atoms with van der Waals surface area (Å²) >= 11 is 1.49. The lowest BCUT2D eigenvalue weighted by Crippen LogP contribution is -2.71. The molecule has 3 aromatic rings. The van der Waals surface area contributed by atoms with Crippen molar-refractivity contribution in [2.45, 2.75) is 19.3 Å². The van der Waals surface area contributed by atoms with E-state index >= 15 is 0 Å². The summed E-state index contributed by atoms with van der Waals surface area (Å²) in [6, 6.07) is 14.2. The van der Waals surface area contributed by atoms with Gasteiger partial charge in [-0.05, 0) is 49.2 Å². The minimum Gasteiger partial charge on any atom is -0.481 e. The molecule has 1 amide bonds. The maximum absolute atomic E-state index is 13.7. The van der Waals surface area contributed by atoms with Gasteiger partial charge in [0, 0.05) is 44.3 Å². The third kappa shape index (κ3) is 3.39. The van der Waals surface area contributed by atoms with Crippen LogP contribution in [0, 0.1) is 10.8 Å². The fourth-order valence-electron chi connectivity index (χ4n) is 6.26. The standard InChI is InChI=1S/C26H28N4O3S/c1-28-13-25(14-28)15-30(16-25)19-7-8-20-21(9-19)34-24(27-20)29(2)23(33)26(12-22(31)32)10-17-5-3-4-6-18(17)11-26/h3-9H,10-16H2,1-2H3,(H,31,32). The van der Waals surface area contributed by atoms with E-state index < -0.39 is 11.4 Å². The highest BCUT2D eigenvalue weighted by molar-refractivity contribution is 7.22. The summed E-state index contributed by atoms with van der Waals surface area (Å²) in [5, 5.41) is 10.2. The second kappa shape index (κ2) is 7.52. The van der Waals surface area contributed by atoms with Gasteiger partial charge in [-0.1, -0.05) is 35.6 Å². The smallest absolute Gasteiger partial charge is 0.304 e. The second-order valence-corrected chi connectivity index (χ2v) is 11.5. The maximum atomic E-state index is 13.7. The molecule has 1 spiro atoms. The van der Waals surface area contributed by atoms with Crippen LogP contribution in [0.15, 0.2) is 42.5 Å². The Morgan fingerprint density at radius 1 is 1.09 bits per heavy atom. The summed E-state index contributed by atoms with van der Waals surface area (Å²) in [6.07, 6.45) is 0.699. The number of likely N-dealkylation sites (tertiary alicyclic amines) is 1. The molecule has 0 unspecified atom stereocenters. The molecule has 0 saturated carbocycles. The van der Waals surface area contributed by atoms with Crippen LogP contribution in [0.5, 0.6) is 0 Å². The summed E-state index contributed by atoms with van der Waals surface area (Å²) in [5.74, 6) is -1.13. The van der Waals surface area contributed by atoms with Gasteiger partial charge in [-0.2, -0.15) is 0 Å². The van der Waals surface area contributed by atoms with Crippen molar-refractivity contribution in [3.05, 3.63) is 53.6 Å². The number of nitrogens with zero attached hydrogens (tertiary/aromatic N) is 4. The van der Waals surface area contributed by atoms with Crippen LogP contribution in [0.3, 0.4) is 0 Å². The third-order valence-corrected chi connectivity index (χ3v) is 8.79. The molecule has 1 N–H and O–H groups in total. The average molecular weight is 477 g/mol. The van der Waals surface area contributed by atoms with Crippen molar-refractivity contribution in [1.29, 1.82) is 0 Å². The first-order chi connectivity index (χ1) is 16.3. The number of carbonyl (C=O) groups excluding carboxylic acids is 1. The van der Waals surface area contributed by atoms with E-state index in [2.05, 4.69) is 29.0 Å². The van der Waals surface area contributed by atoms with E-state index in [1.165, 1.54) is 30.1 Å². The zero-order chi connectivity index (χ0) is 23.7. The number of rotatable bonds is 5. The molecular formula is C26H28N4O3S. The Hall–Kier alpha value is -2.97. The molecule has 8 heteroatoms. The Bertz CT molecular complexity index is 1280. The molecule has 3 aliphatic rings. The minimum atomic E-state index is -0.977. The molecule has 6 rings (SSSR count). The normalized spacial score (nSPS) is 20.1. The number of benzene rings is 2. The van der Waals surface area contributed by atoms with Crippen LogP contribution >= 0.6 is 11.3 Å². The fourth-order valence-corrected chi connectivity index (χ4v) is 7.22. The molecule has 2 saturated heterocycles. The van der Waals surface area contributed by atoms with Crippen molar-refractivity contribution in [1.82, 2.24) is 9.88 Å². The van der Waals surface area contributed by atoms with E-state index in [0.717, 1.165) is 34.4 Å². The highest BCUT2D eigenvalue weighted by atomic mass is 32.1. The van der Waals surface area contributed by atoms with E-state index in [4.69, 9.17) is 4.98 Å². The van der Waals surface area contributed by atoms with Gasteiger partial charge in [0.1, 0.15) is 0 Å². The predicted octanol–water partition coefficient (Wildman–Crippen LogP) is 3.27. The number of carboxylic acid groups (broad SMARTS) is 1. The number of aliphatic carboxylic acids is 1. The molecule has 1 aromatic heterocycles. The van der Waals surface area contributed by atoms with Crippen LogP contribution in [-0.2, 0) is 22.4 Å². The van der Waals surface area contributed by atoms with Gasteiger partial charge in [0.05, 0.1) is 22.1 Å². The van der Waals surface area contributed by atoms with Gasteiger partial charge in [-0.25, -0.2) is 4.98 Å². The maximum Gasteiger partial charge on any atom is 0.304 e. The van der Waals surface area contributed by atoms with Gasteiger partial charge < -0.3 is 14.9 Å². The molecular weight excluding hydrogens is 448 g/mol. The minimum absolute atomic E-state index is 0.177. The molecule has 34 heavy (non-hydrogen) atoms. The van der Waals surface area contributed by atoms with Crippen LogP contribution in [-0.4, -0.2) is 67.1 Å². The molecule has 2 aliphatic heterocycles. The molecule has 7 nitrogen and oxygen atoms in total. The molecule has 3 heterocycles. The number of carboxylic acids is 1. The molecule has 0 radical (unpaired) electrons. The summed E-state index contributed by atoms with van der Waals surface area (Å²) in [4.78, 5) is 36.6. The van der Waals surface area contributed by atoms with Crippen molar-refractivity contribution >= 4 is 44.2 Å². The Labute approximate surface area is 202 Å². The van der Waals surface area contributed by atoms with Crippen LogP contribution < -0.4 is 9.80 Å². The highest BCUT2D eigenvalue weighted by Crippen LogP contribution is 2.44. The zero-order valence-electron chi connectivity index (χ0n) is 19.5. The number of thiazole rings is 1. The van der Waals surface area contributed by atoms with E-state index in [1.54, 1.807) is 11.9 Å². The Morgan fingerprint density at radius 2 is 1.76 bits per heavy atom. The summed E-state index contributed by atoms with van der Waals surface area (Å²) in [7, 11) is 3.89. The van der Waals surface area contributed by atoms with E-state index in [0.29, 0.717) is 23.4 Å². The lowest BCUT2D eigenvalue weighted by molar-refractivity contribution is -0.144. The quantitative estimate of drug-likeness (QED) is 0.609. The predicted molar refractivity (Wildman–Crippen MR) is 134 cm³/mol. The fraction of sp³-hybridized carbons (Fsp3) is 0.423. The monoisotopic (exact) mass is 476 g/mol. The zero-order valence-corrected chi connectivity index (χ0v) is 20.3. The number of anilines is 2. The Kier molecular flexibility index (Phi) is 4.76. The summed E-state index contributed by atoms with van der Waals surface area (Å²) in [6.45, 7) is 4.52. The molecule has 2 fully saturated rings. The van der Waals surface area contributed by atoms with Crippen LogP contribution in [0.25, 0.3) is 10.2 Å². The van der Waals surface area contributed by atoms with Crippen LogP contribution in [0.4, 0.5) is 10.8 Å². The summed E-state index contributed by atoms with van der Waals surface area (Å²) in [5.41, 5.74) is 3.67. The van der Waals surface area contributed by atoms with Crippen molar-refractivity contribution in [3.8, 4) is 0 Å². The number of hydrogen-bond acceptors (Lipinski definition) is 6. The Balaban J connectivity index is 1.24. The number of hydrogen-bond donors (Lipinski definition) is 1. The highest BCUT2D eigenvalue weighted by Gasteiger charge is 2.50. The van der Waals surface area contributed by atoms with Crippen molar-refractivity contribution in [2.75, 3.05) is 50.1 Å². The number of carbonyl (C=O) groups is 2. The lowest BCUT2D eigenvalue weighted by Gasteiger charge is -2.60. The second-order valence-electron chi connectivity index (χ2n) is 10.5. The van der Waals surface area contributed by atoms with Crippen molar-refractivity contribution < 1.29 is 14.7 Å². The van der Waals surface area contributed by atoms with E-state index in [-0.39, 0.29) is 12.3 Å². The van der Waals surface area contributed by atoms with Crippen molar-refractivity contribution in [3.63, 3.8) is 0 Å². The average Bonchev–Trinajstić information content (AvgIpc) is 3.34. The topological polar surface area (TPSA) is 77.0 Å². The van der Waals surface area contributed by atoms with Gasteiger partial charge >= 0.3 is 5.97 Å². The van der Waals surface area contributed by atoms with E-state index in [1.807, 2.05) is 30.3 Å². The first kappa shape index (κ1) is 21.6. The van der Waals surface area contributed by atoms with Gasteiger partial charge in [0.25, 0.3) is 0 Å². The van der Waals surface area contributed by atoms with Crippen molar-refractivity contribution in [2.24, 2.45) is 10.8 Å². The van der Waals surface area contributed by atoms with Crippen LogP contribution in [0.2, 0.25) is 0 Å². The first-order valence-electron chi connectivity index (χ1n) is 11.7. The summed E-state index contributed by atoms with van der Waals surface area (Å²) < 4.78 is 1.04. The molecule has 176 valence electrons. The lowest BCUT2D eigenvalue weighted by atomic mass is 9.73. The van der Waals surface area contributed by atoms with Gasteiger partial charge in [0.15, 0.2) is 5.13 Å². The number of aromatic nitrogens is 1. The third-order valence-electron chi connectivity index (χ3n) is 7.70. The van der Waals surface area contributed by atoms with Gasteiger partial charge in [-0.15, -0.1) is 0 Å². The number of amides is 1. The van der Waals surface area contributed by atoms with Gasteiger partial charge in [0.2, 0.25) is 5.91 Å². The molecule has 2 aromatic carbocycles. The molecule has 0 bridgehead atoms. The van der Waals surface area contributed by atoms with Crippen LogP contribution in [0.1, 0.15) is 17.5 Å². The van der Waals surface area contributed by atoms with Gasteiger partial charge in [-0.3, -0.25) is 14.5 Å². The van der Waals surface area contributed by atoms with E-state index in [9.17, 15) is 14.7 Å². The SMILES string of the molecule is CN1CC2(C1)CN(c1ccc3nc(N(C)C(=O)C4(CC(=O)O)Cc5ccccc5C4)sc3c1)C2. The number of fused-ring (bicyclic) bond motifs is 2. The molecule has 1 aliphatic carbocycles. The first-order valence-corrected chi connectivity index (χ1v) is 12.5. The Morgan fingerprint density at radius 3 is 2.38 bits per heavy atom. The largest absolute Gasteiger partial charge is 0.481 e.